The van der Waals surface area contributed by atoms with Gasteiger partial charge in [0.1, 0.15) is 0 Å². The first-order chi connectivity index (χ1) is 8.41. The summed E-state index contributed by atoms with van der Waals surface area (Å²) in [6, 6.07) is 1.16. The van der Waals surface area contributed by atoms with Gasteiger partial charge in [0.25, 0.3) is 0 Å². The van der Waals surface area contributed by atoms with E-state index in [2.05, 4.69) is 5.10 Å². The molecule has 0 saturated carbocycles. The molecule has 0 bridgehead atoms. The Morgan fingerprint density at radius 3 is 3.00 bits per heavy atom. The highest BCUT2D eigenvalue weighted by atomic mass is 19.4. The van der Waals surface area contributed by atoms with Crippen molar-refractivity contribution in [1.29, 1.82) is 0 Å². The summed E-state index contributed by atoms with van der Waals surface area (Å²) in [6.07, 6.45) is -6.49. The van der Waals surface area contributed by atoms with Crippen molar-refractivity contribution in [2.75, 3.05) is 6.61 Å². The summed E-state index contributed by atoms with van der Waals surface area (Å²) in [5, 5.41) is 3.84. The van der Waals surface area contributed by atoms with Gasteiger partial charge in [-0.1, -0.05) is 0 Å². The average molecular weight is 264 g/mol. The first-order valence-corrected chi connectivity index (χ1v) is 5.40. The number of esters is 1. The molecule has 2 rings (SSSR count). The molecule has 0 amide bonds. The molecule has 1 unspecified atom stereocenters. The maximum absolute atomic E-state index is 12.5. The van der Waals surface area contributed by atoms with Crippen molar-refractivity contribution in [3.05, 3.63) is 11.8 Å². The highest BCUT2D eigenvalue weighted by molar-refractivity contribution is 5.87. The Morgan fingerprint density at radius 2 is 2.39 bits per heavy atom. The van der Waals surface area contributed by atoms with Gasteiger partial charge in [-0.2, -0.15) is 18.3 Å². The number of aromatic nitrogens is 2. The van der Waals surface area contributed by atoms with Gasteiger partial charge in [-0.25, -0.2) is 9.48 Å². The monoisotopic (exact) mass is 264 g/mol. The Morgan fingerprint density at radius 1 is 1.67 bits per heavy atom. The van der Waals surface area contributed by atoms with Gasteiger partial charge in [0.2, 0.25) is 5.88 Å². The number of alkyl halides is 3. The van der Waals surface area contributed by atoms with E-state index in [4.69, 9.17) is 9.47 Å². The third kappa shape index (κ3) is 2.41. The lowest BCUT2D eigenvalue weighted by molar-refractivity contribution is -0.203. The molecule has 2 heterocycles. The minimum Gasteiger partial charge on any atom is -0.465 e. The second-order valence-corrected chi connectivity index (χ2v) is 3.75. The van der Waals surface area contributed by atoms with Crippen LogP contribution in [-0.2, 0) is 11.3 Å². The topological polar surface area (TPSA) is 53.4 Å². The Bertz CT molecular complexity index is 456. The lowest BCUT2D eigenvalue weighted by atomic mass is 10.2. The van der Waals surface area contributed by atoms with Crippen LogP contribution in [0.4, 0.5) is 13.2 Å². The van der Waals surface area contributed by atoms with Gasteiger partial charge >= 0.3 is 12.1 Å². The number of hydrogen-bond donors (Lipinski definition) is 0. The molecule has 0 N–H and O–H groups in total. The van der Waals surface area contributed by atoms with Crippen LogP contribution in [-0.4, -0.2) is 34.6 Å². The normalized spacial score (nSPS) is 19.0. The van der Waals surface area contributed by atoms with E-state index in [0.29, 0.717) is 0 Å². The van der Waals surface area contributed by atoms with Crippen LogP contribution in [0.3, 0.4) is 0 Å². The van der Waals surface area contributed by atoms with E-state index in [1.807, 2.05) is 0 Å². The predicted molar refractivity (Wildman–Crippen MR) is 53.3 cm³/mol. The number of carbonyl (C=O) groups is 1. The highest BCUT2D eigenvalue weighted by Gasteiger charge is 2.44. The second kappa shape index (κ2) is 4.51. The minimum absolute atomic E-state index is 0.0466. The van der Waals surface area contributed by atoms with Crippen LogP contribution in [0.5, 0.6) is 5.88 Å². The zero-order chi connectivity index (χ0) is 13.3. The molecule has 1 aromatic rings. The molecule has 1 atom stereocenters. The van der Waals surface area contributed by atoms with Crippen LogP contribution in [0.1, 0.15) is 23.8 Å². The highest BCUT2D eigenvalue weighted by Crippen LogP contribution is 2.31. The minimum atomic E-state index is -4.42. The van der Waals surface area contributed by atoms with Crippen molar-refractivity contribution in [1.82, 2.24) is 9.78 Å². The number of rotatable bonds is 2. The van der Waals surface area contributed by atoms with Crippen molar-refractivity contribution < 1.29 is 27.4 Å². The van der Waals surface area contributed by atoms with Crippen LogP contribution in [0.25, 0.3) is 0 Å². The summed E-state index contributed by atoms with van der Waals surface area (Å²) < 4.78 is 48.1. The molecule has 100 valence electrons. The zero-order valence-corrected chi connectivity index (χ0v) is 9.53. The predicted octanol–water partition coefficient (Wildman–Crippen LogP) is 1.77. The first kappa shape index (κ1) is 12.7. The molecule has 5 nitrogen and oxygen atoms in total. The summed E-state index contributed by atoms with van der Waals surface area (Å²) in [6.45, 7) is 1.86. The Kier molecular flexibility index (Phi) is 3.18. The summed E-state index contributed by atoms with van der Waals surface area (Å²) in [5.41, 5.74) is -0.0466. The summed E-state index contributed by atoms with van der Waals surface area (Å²) >= 11 is 0. The van der Waals surface area contributed by atoms with Crippen LogP contribution >= 0.6 is 0 Å². The van der Waals surface area contributed by atoms with Crippen LogP contribution in [0.2, 0.25) is 0 Å². The van der Waals surface area contributed by atoms with Crippen LogP contribution in [0, 0.1) is 0 Å². The fourth-order valence-corrected chi connectivity index (χ4v) is 1.63. The SMILES string of the molecule is CCOC(=O)c1cc2n(n1)CCC(C(F)(F)F)O2. The van der Waals surface area contributed by atoms with E-state index in [1.54, 1.807) is 6.92 Å². The fraction of sp³-hybridized carbons (Fsp3) is 0.600. The summed E-state index contributed by atoms with van der Waals surface area (Å²) in [4.78, 5) is 11.4. The molecule has 0 spiro atoms. The number of nitrogens with zero attached hydrogens (tertiary/aromatic N) is 2. The van der Waals surface area contributed by atoms with E-state index in [-0.39, 0.29) is 31.1 Å². The molecule has 0 aromatic carbocycles. The second-order valence-electron chi connectivity index (χ2n) is 3.75. The molecule has 0 saturated heterocycles. The number of ether oxygens (including phenoxy) is 2. The van der Waals surface area contributed by atoms with Gasteiger partial charge in [-0.15, -0.1) is 0 Å². The molecule has 1 aliphatic heterocycles. The molecule has 0 radical (unpaired) electrons. The fourth-order valence-electron chi connectivity index (χ4n) is 1.63. The Hall–Kier alpha value is -1.73. The number of fused-ring (bicyclic) bond motifs is 1. The van der Waals surface area contributed by atoms with Gasteiger partial charge in [0, 0.05) is 19.0 Å². The van der Waals surface area contributed by atoms with Gasteiger partial charge in [-0.05, 0) is 6.92 Å². The van der Waals surface area contributed by atoms with Gasteiger partial charge in [0.15, 0.2) is 11.8 Å². The van der Waals surface area contributed by atoms with Gasteiger partial charge < -0.3 is 9.47 Å². The van der Waals surface area contributed by atoms with E-state index >= 15 is 0 Å². The number of carbonyl (C=O) groups excluding carboxylic acids is 1. The lowest BCUT2D eigenvalue weighted by Gasteiger charge is -2.25. The van der Waals surface area contributed by atoms with Gasteiger partial charge in [0.05, 0.1) is 6.61 Å². The molecule has 0 fully saturated rings. The summed E-state index contributed by atoms with van der Waals surface area (Å²) in [7, 11) is 0. The van der Waals surface area contributed by atoms with Crippen molar-refractivity contribution in [3.8, 4) is 5.88 Å². The molecular weight excluding hydrogens is 253 g/mol. The van der Waals surface area contributed by atoms with Crippen molar-refractivity contribution >= 4 is 5.97 Å². The molecule has 18 heavy (non-hydrogen) atoms. The maximum Gasteiger partial charge on any atom is 0.425 e. The number of halogens is 3. The van der Waals surface area contributed by atoms with Crippen LogP contribution in [0.15, 0.2) is 6.07 Å². The smallest absolute Gasteiger partial charge is 0.425 e. The third-order valence-corrected chi connectivity index (χ3v) is 2.46. The quantitative estimate of drug-likeness (QED) is 0.764. The molecule has 8 heteroatoms. The molecular formula is C10H11F3N2O3. The van der Waals surface area contributed by atoms with Crippen molar-refractivity contribution in [3.63, 3.8) is 0 Å². The van der Waals surface area contributed by atoms with Gasteiger partial charge in [-0.3, -0.25) is 0 Å². The van der Waals surface area contributed by atoms with Crippen molar-refractivity contribution in [2.24, 2.45) is 0 Å². The Labute approximate surface area is 100 Å². The molecule has 1 aromatic heterocycles. The largest absolute Gasteiger partial charge is 0.465 e. The number of hydrogen-bond acceptors (Lipinski definition) is 4. The Balaban J connectivity index is 2.16. The summed E-state index contributed by atoms with van der Waals surface area (Å²) in [5.74, 6) is -0.738. The standard InChI is InChI=1S/C10H11F3N2O3/c1-2-17-9(16)6-5-8-15(14-6)4-3-7(18-8)10(11,12)13/h5,7H,2-4H2,1H3. The van der Waals surface area contributed by atoms with E-state index < -0.39 is 18.2 Å². The zero-order valence-electron chi connectivity index (χ0n) is 9.53. The molecule has 1 aliphatic rings. The average Bonchev–Trinajstić information content (AvgIpc) is 2.70. The number of aryl methyl sites for hydroxylation is 1. The van der Waals surface area contributed by atoms with Crippen molar-refractivity contribution in [2.45, 2.75) is 32.2 Å². The third-order valence-electron chi connectivity index (χ3n) is 2.46. The van der Waals surface area contributed by atoms with Crippen LogP contribution < -0.4 is 4.74 Å². The van der Waals surface area contributed by atoms with E-state index in [0.717, 1.165) is 6.07 Å². The molecule has 0 aliphatic carbocycles. The van der Waals surface area contributed by atoms with E-state index in [1.165, 1.54) is 4.68 Å². The lowest BCUT2D eigenvalue weighted by Crippen LogP contribution is -2.38. The first-order valence-electron chi connectivity index (χ1n) is 5.40. The van der Waals surface area contributed by atoms with E-state index in [9.17, 15) is 18.0 Å². The maximum atomic E-state index is 12.5.